The standard InChI is InChI=1S/C8H6ClNO/c1-2-5-11-8-4-3-7(9)6-10-8/h1,3-4,6H,5H2. The van der Waals surface area contributed by atoms with Crippen molar-refractivity contribution < 1.29 is 4.74 Å². The largest absolute Gasteiger partial charge is 0.464 e. The molecule has 0 fully saturated rings. The van der Waals surface area contributed by atoms with Crippen molar-refractivity contribution in [3.8, 4) is 18.2 Å². The number of hydrogen-bond acceptors (Lipinski definition) is 2. The summed E-state index contributed by atoms with van der Waals surface area (Å²) < 4.78 is 5.00. The summed E-state index contributed by atoms with van der Waals surface area (Å²) >= 11 is 5.59. The van der Waals surface area contributed by atoms with E-state index in [1.165, 1.54) is 6.20 Å². The van der Waals surface area contributed by atoms with Crippen LogP contribution in [0.5, 0.6) is 5.88 Å². The Morgan fingerprint density at radius 3 is 3.00 bits per heavy atom. The number of ether oxygens (including phenoxy) is 1. The van der Waals surface area contributed by atoms with E-state index in [4.69, 9.17) is 22.8 Å². The number of terminal acetylenes is 1. The SMILES string of the molecule is C#CCOc1ccc(Cl)cn1. The van der Waals surface area contributed by atoms with E-state index < -0.39 is 0 Å². The van der Waals surface area contributed by atoms with Crippen molar-refractivity contribution in [2.24, 2.45) is 0 Å². The van der Waals surface area contributed by atoms with Gasteiger partial charge in [0.15, 0.2) is 6.61 Å². The molecule has 0 aliphatic carbocycles. The molecule has 3 heteroatoms. The van der Waals surface area contributed by atoms with Crippen LogP contribution in [0.4, 0.5) is 0 Å². The first-order valence-electron chi connectivity index (χ1n) is 3.01. The van der Waals surface area contributed by atoms with E-state index in [0.717, 1.165) is 0 Å². The second-order valence-electron chi connectivity index (χ2n) is 1.81. The van der Waals surface area contributed by atoms with Crippen molar-refractivity contribution in [1.29, 1.82) is 0 Å². The summed E-state index contributed by atoms with van der Waals surface area (Å²) in [5.74, 6) is 2.83. The predicted molar refractivity (Wildman–Crippen MR) is 43.6 cm³/mol. The molecule has 1 heterocycles. The maximum atomic E-state index is 5.59. The zero-order valence-corrected chi connectivity index (χ0v) is 6.51. The van der Waals surface area contributed by atoms with Gasteiger partial charge in [-0.3, -0.25) is 0 Å². The molecule has 11 heavy (non-hydrogen) atoms. The lowest BCUT2D eigenvalue weighted by atomic mass is 10.5. The van der Waals surface area contributed by atoms with Gasteiger partial charge in [-0.05, 0) is 6.07 Å². The van der Waals surface area contributed by atoms with E-state index in [0.29, 0.717) is 10.9 Å². The van der Waals surface area contributed by atoms with Crippen LogP contribution in [0.1, 0.15) is 0 Å². The minimum Gasteiger partial charge on any atom is -0.464 e. The van der Waals surface area contributed by atoms with Gasteiger partial charge in [-0.1, -0.05) is 17.5 Å². The maximum Gasteiger partial charge on any atom is 0.214 e. The molecule has 0 N–H and O–H groups in total. The van der Waals surface area contributed by atoms with Gasteiger partial charge in [-0.2, -0.15) is 0 Å². The lowest BCUT2D eigenvalue weighted by Gasteiger charge is -1.98. The van der Waals surface area contributed by atoms with Crippen LogP contribution < -0.4 is 4.74 Å². The molecule has 0 aromatic carbocycles. The van der Waals surface area contributed by atoms with Crippen LogP contribution >= 0.6 is 11.6 Å². The van der Waals surface area contributed by atoms with Gasteiger partial charge < -0.3 is 4.74 Å². The Balaban J connectivity index is 2.60. The molecule has 1 aromatic heterocycles. The molecular weight excluding hydrogens is 162 g/mol. The smallest absolute Gasteiger partial charge is 0.214 e. The van der Waals surface area contributed by atoms with Crippen LogP contribution in [0.25, 0.3) is 0 Å². The zero-order chi connectivity index (χ0) is 8.10. The van der Waals surface area contributed by atoms with Crippen molar-refractivity contribution in [3.05, 3.63) is 23.4 Å². The van der Waals surface area contributed by atoms with Gasteiger partial charge in [0.2, 0.25) is 5.88 Å². The fourth-order valence-electron chi connectivity index (χ4n) is 0.563. The summed E-state index contributed by atoms with van der Waals surface area (Å²) in [6.07, 6.45) is 6.48. The lowest BCUT2D eigenvalue weighted by molar-refractivity contribution is 0.355. The molecule has 1 aromatic rings. The topological polar surface area (TPSA) is 22.1 Å². The van der Waals surface area contributed by atoms with Crippen LogP contribution in [0.3, 0.4) is 0 Å². The fourth-order valence-corrected chi connectivity index (χ4v) is 0.675. The second kappa shape index (κ2) is 3.85. The van der Waals surface area contributed by atoms with Crippen LogP contribution in [-0.2, 0) is 0 Å². The van der Waals surface area contributed by atoms with E-state index in [-0.39, 0.29) is 6.61 Å². The number of pyridine rings is 1. The summed E-state index contributed by atoms with van der Waals surface area (Å²) in [5, 5.41) is 0.582. The molecule has 0 unspecified atom stereocenters. The van der Waals surface area contributed by atoms with E-state index in [1.807, 2.05) is 0 Å². The Morgan fingerprint density at radius 1 is 1.64 bits per heavy atom. The highest BCUT2D eigenvalue weighted by Gasteiger charge is 1.91. The number of hydrogen-bond donors (Lipinski definition) is 0. The molecule has 1 rings (SSSR count). The molecule has 0 bridgehead atoms. The molecule has 2 nitrogen and oxygen atoms in total. The molecule has 0 saturated carbocycles. The van der Waals surface area contributed by atoms with Crippen molar-refractivity contribution in [2.45, 2.75) is 0 Å². The minimum atomic E-state index is 0.231. The third kappa shape index (κ3) is 2.48. The Kier molecular flexibility index (Phi) is 2.76. The van der Waals surface area contributed by atoms with Crippen LogP contribution in [0, 0.1) is 12.3 Å². The summed E-state index contributed by atoms with van der Waals surface area (Å²) in [4.78, 5) is 3.87. The summed E-state index contributed by atoms with van der Waals surface area (Å²) in [5.41, 5.74) is 0. The van der Waals surface area contributed by atoms with E-state index in [9.17, 15) is 0 Å². The Bertz CT molecular complexity index is 262. The molecule has 0 atom stereocenters. The number of nitrogens with zero attached hydrogens (tertiary/aromatic N) is 1. The lowest BCUT2D eigenvalue weighted by Crippen LogP contribution is -1.94. The second-order valence-corrected chi connectivity index (χ2v) is 2.24. The van der Waals surface area contributed by atoms with E-state index in [1.54, 1.807) is 12.1 Å². The van der Waals surface area contributed by atoms with E-state index in [2.05, 4.69) is 10.9 Å². The molecule has 0 amide bonds. The van der Waals surface area contributed by atoms with Gasteiger partial charge in [-0.25, -0.2) is 4.98 Å². The average molecular weight is 168 g/mol. The molecule has 0 spiro atoms. The molecule has 0 saturated heterocycles. The van der Waals surface area contributed by atoms with Crippen LogP contribution in [0.15, 0.2) is 18.3 Å². The molecular formula is C8H6ClNO. The van der Waals surface area contributed by atoms with Gasteiger partial charge in [0.05, 0.1) is 5.02 Å². The van der Waals surface area contributed by atoms with Crippen molar-refractivity contribution in [1.82, 2.24) is 4.98 Å². The quantitative estimate of drug-likeness (QED) is 0.626. The zero-order valence-electron chi connectivity index (χ0n) is 5.75. The third-order valence-corrected chi connectivity index (χ3v) is 1.23. The Hall–Kier alpha value is -1.20. The first-order valence-corrected chi connectivity index (χ1v) is 3.38. The Labute approximate surface area is 70.2 Å². The molecule has 0 aliphatic heterocycles. The van der Waals surface area contributed by atoms with Gasteiger partial charge in [0.25, 0.3) is 0 Å². The van der Waals surface area contributed by atoms with Crippen LogP contribution in [-0.4, -0.2) is 11.6 Å². The summed E-state index contributed by atoms with van der Waals surface area (Å²) in [6, 6.07) is 3.36. The molecule has 56 valence electrons. The molecule has 0 aliphatic rings. The Morgan fingerprint density at radius 2 is 2.45 bits per heavy atom. The summed E-state index contributed by atoms with van der Waals surface area (Å²) in [7, 11) is 0. The first-order chi connectivity index (χ1) is 5.33. The minimum absolute atomic E-state index is 0.231. The third-order valence-electron chi connectivity index (χ3n) is 1.00. The number of rotatable bonds is 2. The number of aromatic nitrogens is 1. The van der Waals surface area contributed by atoms with E-state index >= 15 is 0 Å². The monoisotopic (exact) mass is 167 g/mol. The van der Waals surface area contributed by atoms with Crippen molar-refractivity contribution in [3.63, 3.8) is 0 Å². The van der Waals surface area contributed by atoms with Gasteiger partial charge in [0, 0.05) is 12.3 Å². The number of halogens is 1. The van der Waals surface area contributed by atoms with Crippen molar-refractivity contribution in [2.75, 3.05) is 6.61 Å². The first kappa shape index (κ1) is 7.90. The predicted octanol–water partition coefficient (Wildman–Crippen LogP) is 1.75. The highest BCUT2D eigenvalue weighted by Crippen LogP contribution is 2.10. The normalized spacial score (nSPS) is 8.73. The van der Waals surface area contributed by atoms with Gasteiger partial charge >= 0.3 is 0 Å². The van der Waals surface area contributed by atoms with Gasteiger partial charge in [-0.15, -0.1) is 6.42 Å². The highest BCUT2D eigenvalue weighted by molar-refractivity contribution is 6.30. The van der Waals surface area contributed by atoms with Gasteiger partial charge in [0.1, 0.15) is 0 Å². The maximum absolute atomic E-state index is 5.59. The highest BCUT2D eigenvalue weighted by atomic mass is 35.5. The fraction of sp³-hybridized carbons (Fsp3) is 0.125. The molecule has 0 radical (unpaired) electrons. The average Bonchev–Trinajstić information content (AvgIpc) is 2.04. The summed E-state index contributed by atoms with van der Waals surface area (Å²) in [6.45, 7) is 0.231. The van der Waals surface area contributed by atoms with Crippen molar-refractivity contribution >= 4 is 11.6 Å². The van der Waals surface area contributed by atoms with Crippen LogP contribution in [0.2, 0.25) is 5.02 Å².